The lowest BCUT2D eigenvalue weighted by atomic mass is 9.86. The number of furan rings is 1. The number of nitrogens with one attached hydrogen (secondary N) is 1. The van der Waals surface area contributed by atoms with Gasteiger partial charge in [0.2, 0.25) is 0 Å². The molecule has 0 aliphatic carbocycles. The average Bonchev–Trinajstić information content (AvgIpc) is 2.69. The molecule has 2 aromatic rings. The third kappa shape index (κ3) is 3.63. The van der Waals surface area contributed by atoms with Gasteiger partial charge in [-0.2, -0.15) is 0 Å². The summed E-state index contributed by atoms with van der Waals surface area (Å²) in [6, 6.07) is 6.55. The normalized spacial score (nSPS) is 13.1. The van der Waals surface area contributed by atoms with Crippen LogP contribution in [-0.4, -0.2) is 12.1 Å². The number of benzene rings is 1. The number of hydrogen-bond donors (Lipinski definition) is 1. The molecule has 2 heteroatoms. The van der Waals surface area contributed by atoms with Crippen molar-refractivity contribution in [3.63, 3.8) is 0 Å². The van der Waals surface area contributed by atoms with Gasteiger partial charge in [-0.15, -0.1) is 0 Å². The Bertz CT molecular complexity index is 581. The molecule has 0 saturated carbocycles. The SMILES string of the molecule is CC(C)(C)NCCc1coc2ccc(C(C)(C)C)cc12. The van der Waals surface area contributed by atoms with Gasteiger partial charge in [0.05, 0.1) is 6.26 Å². The summed E-state index contributed by atoms with van der Waals surface area (Å²) in [5.41, 5.74) is 3.98. The van der Waals surface area contributed by atoms with E-state index in [1.807, 2.05) is 6.26 Å². The van der Waals surface area contributed by atoms with E-state index in [4.69, 9.17) is 4.42 Å². The summed E-state index contributed by atoms with van der Waals surface area (Å²) in [5, 5.41) is 4.79. The zero-order chi connectivity index (χ0) is 15.0. The Balaban J connectivity index is 2.22. The van der Waals surface area contributed by atoms with Gasteiger partial charge < -0.3 is 9.73 Å². The zero-order valence-corrected chi connectivity index (χ0v) is 13.6. The molecule has 0 amide bonds. The van der Waals surface area contributed by atoms with E-state index >= 15 is 0 Å². The van der Waals surface area contributed by atoms with Gasteiger partial charge in [0.1, 0.15) is 5.58 Å². The van der Waals surface area contributed by atoms with Crippen LogP contribution in [0.2, 0.25) is 0 Å². The van der Waals surface area contributed by atoms with Gasteiger partial charge in [-0.25, -0.2) is 0 Å². The summed E-state index contributed by atoms with van der Waals surface area (Å²) in [6.45, 7) is 14.3. The highest BCUT2D eigenvalue weighted by atomic mass is 16.3. The third-order valence-electron chi connectivity index (χ3n) is 3.57. The summed E-state index contributed by atoms with van der Waals surface area (Å²) >= 11 is 0. The van der Waals surface area contributed by atoms with Crippen molar-refractivity contribution in [2.24, 2.45) is 0 Å². The Labute approximate surface area is 122 Å². The quantitative estimate of drug-likeness (QED) is 0.879. The molecule has 0 fully saturated rings. The Morgan fingerprint density at radius 2 is 1.75 bits per heavy atom. The lowest BCUT2D eigenvalue weighted by Crippen LogP contribution is -2.37. The Hall–Kier alpha value is -1.28. The van der Waals surface area contributed by atoms with Gasteiger partial charge in [0.15, 0.2) is 0 Å². The molecule has 2 rings (SSSR count). The molecular formula is C18H27NO. The molecule has 110 valence electrons. The summed E-state index contributed by atoms with van der Waals surface area (Å²) in [6.07, 6.45) is 2.90. The van der Waals surface area contributed by atoms with Crippen LogP contribution in [0, 0.1) is 0 Å². The fourth-order valence-electron chi connectivity index (χ4n) is 2.31. The summed E-state index contributed by atoms with van der Waals surface area (Å²) in [4.78, 5) is 0. The second kappa shape index (κ2) is 5.25. The number of rotatable bonds is 3. The molecule has 1 N–H and O–H groups in total. The van der Waals surface area contributed by atoms with Crippen LogP contribution < -0.4 is 5.32 Å². The monoisotopic (exact) mass is 273 g/mol. The van der Waals surface area contributed by atoms with Crippen molar-refractivity contribution in [3.05, 3.63) is 35.6 Å². The zero-order valence-electron chi connectivity index (χ0n) is 13.6. The summed E-state index contributed by atoms with van der Waals surface area (Å²) in [7, 11) is 0. The van der Waals surface area contributed by atoms with Gasteiger partial charge >= 0.3 is 0 Å². The van der Waals surface area contributed by atoms with Gasteiger partial charge in [0.25, 0.3) is 0 Å². The molecule has 1 aromatic heterocycles. The fourth-order valence-corrected chi connectivity index (χ4v) is 2.31. The van der Waals surface area contributed by atoms with Crippen molar-refractivity contribution in [1.29, 1.82) is 0 Å². The molecule has 0 spiro atoms. The highest BCUT2D eigenvalue weighted by Crippen LogP contribution is 2.29. The summed E-state index contributed by atoms with van der Waals surface area (Å²) < 4.78 is 5.67. The van der Waals surface area contributed by atoms with Crippen molar-refractivity contribution in [2.45, 2.75) is 58.9 Å². The maximum atomic E-state index is 5.67. The Morgan fingerprint density at radius 3 is 2.35 bits per heavy atom. The highest BCUT2D eigenvalue weighted by molar-refractivity contribution is 5.82. The molecule has 0 aliphatic rings. The predicted molar refractivity (Wildman–Crippen MR) is 86.4 cm³/mol. The second-order valence-electron chi connectivity index (χ2n) is 7.65. The molecule has 1 heterocycles. The molecule has 2 nitrogen and oxygen atoms in total. The van der Waals surface area contributed by atoms with Crippen molar-refractivity contribution in [1.82, 2.24) is 5.32 Å². The molecule has 0 bridgehead atoms. The smallest absolute Gasteiger partial charge is 0.134 e. The molecule has 0 saturated heterocycles. The van der Waals surface area contributed by atoms with Crippen molar-refractivity contribution >= 4 is 11.0 Å². The average molecular weight is 273 g/mol. The second-order valence-corrected chi connectivity index (χ2v) is 7.65. The lowest BCUT2D eigenvalue weighted by Gasteiger charge is -2.20. The van der Waals surface area contributed by atoms with Gasteiger partial charge in [-0.1, -0.05) is 26.8 Å². The first-order valence-corrected chi connectivity index (χ1v) is 7.42. The first-order valence-electron chi connectivity index (χ1n) is 7.42. The standard InChI is InChI=1S/C18H27NO/c1-17(2,3)14-7-8-16-15(11-14)13(12-20-16)9-10-19-18(4,5)6/h7-8,11-12,19H,9-10H2,1-6H3. The van der Waals surface area contributed by atoms with Crippen LogP contribution >= 0.6 is 0 Å². The number of fused-ring (bicyclic) bond motifs is 1. The van der Waals surface area contributed by atoms with E-state index in [1.54, 1.807) is 0 Å². The first kappa shape index (κ1) is 15.1. The largest absolute Gasteiger partial charge is 0.464 e. The van der Waals surface area contributed by atoms with Crippen molar-refractivity contribution in [2.75, 3.05) is 6.54 Å². The summed E-state index contributed by atoms with van der Waals surface area (Å²) in [5.74, 6) is 0. The van der Waals surface area contributed by atoms with E-state index in [1.165, 1.54) is 16.5 Å². The van der Waals surface area contributed by atoms with Gasteiger partial charge in [0, 0.05) is 10.9 Å². The maximum absolute atomic E-state index is 5.67. The van der Waals surface area contributed by atoms with Crippen molar-refractivity contribution < 1.29 is 4.42 Å². The van der Waals surface area contributed by atoms with Crippen LogP contribution in [0.15, 0.2) is 28.9 Å². The van der Waals surface area contributed by atoms with Crippen LogP contribution in [0.25, 0.3) is 11.0 Å². The van der Waals surface area contributed by atoms with Gasteiger partial charge in [-0.05, 0) is 62.4 Å². The van der Waals surface area contributed by atoms with E-state index in [2.05, 4.69) is 65.1 Å². The minimum atomic E-state index is 0.163. The fraction of sp³-hybridized carbons (Fsp3) is 0.556. The van der Waals surface area contributed by atoms with Crippen LogP contribution in [0.3, 0.4) is 0 Å². The molecule has 0 unspecified atom stereocenters. The maximum Gasteiger partial charge on any atom is 0.134 e. The van der Waals surface area contributed by atoms with Crippen LogP contribution in [0.4, 0.5) is 0 Å². The van der Waals surface area contributed by atoms with Crippen LogP contribution in [0.5, 0.6) is 0 Å². The highest BCUT2D eigenvalue weighted by Gasteiger charge is 2.16. The minimum Gasteiger partial charge on any atom is -0.464 e. The van der Waals surface area contributed by atoms with E-state index in [0.717, 1.165) is 18.5 Å². The van der Waals surface area contributed by atoms with E-state index in [-0.39, 0.29) is 11.0 Å². The molecule has 1 aromatic carbocycles. The van der Waals surface area contributed by atoms with Crippen molar-refractivity contribution in [3.8, 4) is 0 Å². The van der Waals surface area contributed by atoms with Crippen LogP contribution in [-0.2, 0) is 11.8 Å². The lowest BCUT2D eigenvalue weighted by molar-refractivity contribution is 0.429. The molecule has 0 atom stereocenters. The molecule has 20 heavy (non-hydrogen) atoms. The first-order chi connectivity index (χ1) is 9.17. The topological polar surface area (TPSA) is 25.2 Å². The Kier molecular flexibility index (Phi) is 3.97. The molecule has 0 aliphatic heterocycles. The molecular weight excluding hydrogens is 246 g/mol. The van der Waals surface area contributed by atoms with E-state index in [0.29, 0.717) is 0 Å². The number of hydrogen-bond acceptors (Lipinski definition) is 2. The minimum absolute atomic E-state index is 0.163. The third-order valence-corrected chi connectivity index (χ3v) is 3.57. The predicted octanol–water partition coefficient (Wildman–Crippen LogP) is 4.66. The van der Waals surface area contributed by atoms with E-state index in [9.17, 15) is 0 Å². The van der Waals surface area contributed by atoms with Crippen LogP contribution in [0.1, 0.15) is 52.7 Å². The van der Waals surface area contributed by atoms with Gasteiger partial charge in [-0.3, -0.25) is 0 Å². The van der Waals surface area contributed by atoms with E-state index < -0.39 is 0 Å². The Morgan fingerprint density at radius 1 is 1.05 bits per heavy atom. The molecule has 0 radical (unpaired) electrons.